The molecule has 0 aliphatic carbocycles. The third-order valence-electron chi connectivity index (χ3n) is 6.35. The normalized spacial score (nSPS) is 11.7. The fourth-order valence-electron chi connectivity index (χ4n) is 4.72. The molecule has 4 aromatic rings. The van der Waals surface area contributed by atoms with Gasteiger partial charge in [-0.3, -0.25) is 5.32 Å². The Morgan fingerprint density at radius 3 is 2.51 bits per heavy atom. The van der Waals surface area contributed by atoms with Gasteiger partial charge in [0, 0.05) is 23.9 Å². The number of para-hydroxylation sites is 1. The second-order valence-corrected chi connectivity index (χ2v) is 12.1. The summed E-state index contributed by atoms with van der Waals surface area (Å²) in [6, 6.07) is 13.4. The first kappa shape index (κ1) is 30.4. The Bertz CT molecular complexity index is 1560. The molecule has 0 aliphatic rings. The van der Waals surface area contributed by atoms with Gasteiger partial charge in [-0.25, -0.2) is 14.6 Å². The number of anilines is 1. The fraction of sp³-hybridized carbons (Fsp3) is 0.406. The van der Waals surface area contributed by atoms with E-state index in [1.807, 2.05) is 75.6 Å². The van der Waals surface area contributed by atoms with Crippen molar-refractivity contribution in [1.82, 2.24) is 9.55 Å². The maximum Gasteiger partial charge on any atom is 0.412 e. The lowest BCUT2D eigenvalue weighted by Crippen LogP contribution is -2.27. The second kappa shape index (κ2) is 12.5. The van der Waals surface area contributed by atoms with Gasteiger partial charge >= 0.3 is 12.1 Å². The van der Waals surface area contributed by atoms with Gasteiger partial charge in [-0.2, -0.15) is 0 Å². The van der Waals surface area contributed by atoms with Crippen molar-refractivity contribution in [2.75, 3.05) is 11.9 Å². The molecule has 8 nitrogen and oxygen atoms in total. The zero-order valence-electron chi connectivity index (χ0n) is 24.8. The van der Waals surface area contributed by atoms with Gasteiger partial charge in [0.1, 0.15) is 17.0 Å². The number of aryl methyl sites for hydroxylation is 1. The number of carbonyl (C=O) groups is 2. The molecule has 0 atom stereocenters. The van der Waals surface area contributed by atoms with E-state index in [1.165, 1.54) is 0 Å². The number of hydrogen-bond acceptors (Lipinski definition) is 6. The van der Waals surface area contributed by atoms with E-state index in [9.17, 15) is 9.59 Å². The number of aromatic nitrogens is 2. The topological polar surface area (TPSA) is 95.6 Å². The van der Waals surface area contributed by atoms with E-state index in [0.29, 0.717) is 60.2 Å². The van der Waals surface area contributed by atoms with Gasteiger partial charge in [0.2, 0.25) is 0 Å². The van der Waals surface area contributed by atoms with Gasteiger partial charge < -0.3 is 18.5 Å². The summed E-state index contributed by atoms with van der Waals surface area (Å²) in [5.74, 6) is 1.43. The highest BCUT2D eigenvalue weighted by Crippen LogP contribution is 2.41. The maximum atomic E-state index is 13.1. The smallest absolute Gasteiger partial charge is 0.412 e. The molecule has 0 unspecified atom stereocenters. The van der Waals surface area contributed by atoms with Crippen molar-refractivity contribution in [3.63, 3.8) is 0 Å². The standard InChI is InChI=1S/C32H38BrN3O5/c1-8-26-34-24(16-19(3)4)28(30(37)39-9-2)36(26)18-20-14-15-25-22(17-20)27(33)29(40-25)21-12-10-11-13-23(21)35-31(38)41-32(5,6)7/h10-15,17,19H,8-9,16,18H2,1-7H3,(H,35,38). The summed E-state index contributed by atoms with van der Waals surface area (Å²) in [5.41, 5.74) is 3.64. The summed E-state index contributed by atoms with van der Waals surface area (Å²) < 4.78 is 19.9. The Hall–Kier alpha value is -3.59. The van der Waals surface area contributed by atoms with Crippen molar-refractivity contribution in [2.45, 2.75) is 73.5 Å². The van der Waals surface area contributed by atoms with Gasteiger partial charge in [-0.05, 0) is 85.8 Å². The van der Waals surface area contributed by atoms with Crippen LogP contribution in [-0.2, 0) is 28.9 Å². The molecule has 2 heterocycles. The zero-order chi connectivity index (χ0) is 29.9. The van der Waals surface area contributed by atoms with Gasteiger partial charge in [0.15, 0.2) is 11.5 Å². The number of carbonyl (C=O) groups excluding carboxylic acids is 2. The van der Waals surface area contributed by atoms with Crippen LogP contribution in [0.25, 0.3) is 22.3 Å². The first-order valence-electron chi connectivity index (χ1n) is 14.0. The van der Waals surface area contributed by atoms with Crippen LogP contribution in [0.3, 0.4) is 0 Å². The Kier molecular flexibility index (Phi) is 9.27. The number of rotatable bonds is 9. The molecule has 0 aliphatic heterocycles. The van der Waals surface area contributed by atoms with Crippen LogP contribution in [0.1, 0.15) is 76.0 Å². The fourth-order valence-corrected chi connectivity index (χ4v) is 5.33. The molecule has 41 heavy (non-hydrogen) atoms. The third-order valence-corrected chi connectivity index (χ3v) is 7.13. The molecule has 4 rings (SSSR count). The number of furan rings is 1. The van der Waals surface area contributed by atoms with Gasteiger partial charge in [-0.1, -0.05) is 39.0 Å². The van der Waals surface area contributed by atoms with Gasteiger partial charge in [0.25, 0.3) is 0 Å². The number of fused-ring (bicyclic) bond motifs is 1. The van der Waals surface area contributed by atoms with Crippen LogP contribution >= 0.6 is 15.9 Å². The average Bonchev–Trinajstić information content (AvgIpc) is 3.39. The number of esters is 1. The second-order valence-electron chi connectivity index (χ2n) is 11.3. The third kappa shape index (κ3) is 7.01. The number of halogens is 1. The van der Waals surface area contributed by atoms with Crippen LogP contribution in [0, 0.1) is 5.92 Å². The van der Waals surface area contributed by atoms with E-state index in [0.717, 1.165) is 26.9 Å². The minimum Gasteiger partial charge on any atom is -0.461 e. The summed E-state index contributed by atoms with van der Waals surface area (Å²) >= 11 is 3.74. The van der Waals surface area contributed by atoms with Crippen LogP contribution in [0.15, 0.2) is 51.4 Å². The summed E-state index contributed by atoms with van der Waals surface area (Å²) in [5, 5.41) is 3.72. The molecule has 2 aromatic carbocycles. The molecule has 1 amide bonds. The first-order valence-corrected chi connectivity index (χ1v) is 14.8. The van der Waals surface area contributed by atoms with Crippen LogP contribution in [-0.4, -0.2) is 33.8 Å². The number of nitrogens with zero attached hydrogens (tertiary/aromatic N) is 2. The Morgan fingerprint density at radius 1 is 1.12 bits per heavy atom. The Morgan fingerprint density at radius 2 is 1.85 bits per heavy atom. The van der Waals surface area contributed by atoms with E-state index >= 15 is 0 Å². The first-order chi connectivity index (χ1) is 19.4. The van der Waals surface area contributed by atoms with Crippen molar-refractivity contribution in [3.05, 3.63) is 69.7 Å². The zero-order valence-corrected chi connectivity index (χ0v) is 26.3. The number of benzene rings is 2. The molecule has 0 radical (unpaired) electrons. The molecule has 0 spiro atoms. The molecule has 0 saturated carbocycles. The van der Waals surface area contributed by atoms with Crippen molar-refractivity contribution in [1.29, 1.82) is 0 Å². The van der Waals surface area contributed by atoms with E-state index in [2.05, 4.69) is 35.1 Å². The summed E-state index contributed by atoms with van der Waals surface area (Å²) in [6.07, 6.45) is 0.842. The predicted octanol–water partition coefficient (Wildman–Crippen LogP) is 8.39. The van der Waals surface area contributed by atoms with Crippen molar-refractivity contribution in [2.24, 2.45) is 5.92 Å². The molecule has 1 N–H and O–H groups in total. The molecule has 0 bridgehead atoms. The van der Waals surface area contributed by atoms with Crippen molar-refractivity contribution >= 4 is 44.6 Å². The summed E-state index contributed by atoms with van der Waals surface area (Å²) in [4.78, 5) is 30.4. The lowest BCUT2D eigenvalue weighted by atomic mass is 10.1. The van der Waals surface area contributed by atoms with E-state index in [1.54, 1.807) is 6.07 Å². The Balaban J connectivity index is 1.72. The van der Waals surface area contributed by atoms with E-state index in [-0.39, 0.29) is 5.97 Å². The minimum atomic E-state index is -0.620. The molecule has 218 valence electrons. The van der Waals surface area contributed by atoms with Gasteiger partial charge in [0.05, 0.1) is 22.5 Å². The quantitative estimate of drug-likeness (QED) is 0.188. The van der Waals surface area contributed by atoms with Crippen LogP contribution < -0.4 is 5.32 Å². The highest BCUT2D eigenvalue weighted by molar-refractivity contribution is 9.10. The lowest BCUT2D eigenvalue weighted by Gasteiger charge is -2.20. The van der Waals surface area contributed by atoms with Crippen molar-refractivity contribution in [3.8, 4) is 11.3 Å². The number of imidazole rings is 1. The number of amides is 1. The molecular formula is C32H38BrN3O5. The average molecular weight is 625 g/mol. The van der Waals surface area contributed by atoms with Gasteiger partial charge in [-0.15, -0.1) is 0 Å². The molecule has 0 saturated heterocycles. The molecule has 2 aromatic heterocycles. The maximum absolute atomic E-state index is 13.1. The molecule has 0 fully saturated rings. The molecular weight excluding hydrogens is 586 g/mol. The van der Waals surface area contributed by atoms with Crippen LogP contribution in [0.2, 0.25) is 0 Å². The van der Waals surface area contributed by atoms with Crippen LogP contribution in [0.4, 0.5) is 10.5 Å². The highest BCUT2D eigenvalue weighted by atomic mass is 79.9. The van der Waals surface area contributed by atoms with E-state index in [4.69, 9.17) is 18.9 Å². The largest absolute Gasteiger partial charge is 0.461 e. The molecule has 9 heteroatoms. The number of hydrogen-bond donors (Lipinski definition) is 1. The van der Waals surface area contributed by atoms with E-state index < -0.39 is 11.7 Å². The Labute approximate surface area is 249 Å². The lowest BCUT2D eigenvalue weighted by molar-refractivity contribution is 0.0511. The van der Waals surface area contributed by atoms with Crippen molar-refractivity contribution < 1.29 is 23.5 Å². The summed E-state index contributed by atoms with van der Waals surface area (Å²) in [6.45, 7) is 14.3. The predicted molar refractivity (Wildman–Crippen MR) is 164 cm³/mol. The van der Waals surface area contributed by atoms with Crippen LogP contribution in [0.5, 0.6) is 0 Å². The summed E-state index contributed by atoms with van der Waals surface area (Å²) in [7, 11) is 0. The number of ether oxygens (including phenoxy) is 2. The monoisotopic (exact) mass is 623 g/mol. The SMILES string of the molecule is CCOC(=O)c1c(CC(C)C)nc(CC)n1Cc1ccc2oc(-c3ccccc3NC(=O)OC(C)(C)C)c(Br)c2c1. The minimum absolute atomic E-state index is 0.299. The number of nitrogens with one attached hydrogen (secondary N) is 1. The highest BCUT2D eigenvalue weighted by Gasteiger charge is 2.25.